The van der Waals surface area contributed by atoms with Gasteiger partial charge < -0.3 is 35.8 Å². The number of rotatable bonds is 8. The molecule has 1 aromatic carbocycles. The SMILES string of the molecule is CC(=O)N[C@@H](Cc1ccccc1)C(=O)NCc1cn([C@@H]2O[C@H](CO)[C@@H](O)[C@H](O)[C@H]2O)nn1. The van der Waals surface area contributed by atoms with Crippen LogP contribution in [0.15, 0.2) is 36.5 Å². The first-order chi connectivity index (χ1) is 15.3. The second kappa shape index (κ2) is 10.6. The van der Waals surface area contributed by atoms with Gasteiger partial charge in [0.1, 0.15) is 36.2 Å². The number of nitrogens with zero attached hydrogens (tertiary/aromatic N) is 3. The molecule has 1 aliphatic heterocycles. The molecular formula is C20H27N5O7. The number of hydrogen-bond donors (Lipinski definition) is 6. The fourth-order valence-corrected chi connectivity index (χ4v) is 3.42. The molecule has 0 aliphatic carbocycles. The van der Waals surface area contributed by atoms with Gasteiger partial charge in [-0.2, -0.15) is 0 Å². The molecule has 1 fully saturated rings. The molecule has 1 aromatic heterocycles. The molecule has 12 nitrogen and oxygen atoms in total. The lowest BCUT2D eigenvalue weighted by Gasteiger charge is -2.39. The van der Waals surface area contributed by atoms with E-state index >= 15 is 0 Å². The number of ether oxygens (including phenoxy) is 1. The molecule has 12 heteroatoms. The van der Waals surface area contributed by atoms with E-state index in [9.17, 15) is 30.0 Å². The summed E-state index contributed by atoms with van der Waals surface area (Å²) in [5.41, 5.74) is 1.21. The lowest BCUT2D eigenvalue weighted by molar-refractivity contribution is -0.254. The van der Waals surface area contributed by atoms with Crippen molar-refractivity contribution in [1.29, 1.82) is 0 Å². The first-order valence-corrected chi connectivity index (χ1v) is 10.1. The maximum atomic E-state index is 12.6. The third-order valence-electron chi connectivity index (χ3n) is 5.11. The van der Waals surface area contributed by atoms with E-state index in [-0.39, 0.29) is 12.5 Å². The summed E-state index contributed by atoms with van der Waals surface area (Å²) in [6.07, 6.45) is -5.10. The zero-order valence-electron chi connectivity index (χ0n) is 17.4. The lowest BCUT2D eigenvalue weighted by Crippen LogP contribution is -2.56. The van der Waals surface area contributed by atoms with Gasteiger partial charge in [-0.1, -0.05) is 35.5 Å². The first-order valence-electron chi connectivity index (χ1n) is 10.1. The Morgan fingerprint density at radius 1 is 1.16 bits per heavy atom. The number of aliphatic hydroxyl groups is 4. The molecule has 174 valence electrons. The average molecular weight is 449 g/mol. The molecular weight excluding hydrogens is 422 g/mol. The second-order valence-corrected chi connectivity index (χ2v) is 7.57. The summed E-state index contributed by atoms with van der Waals surface area (Å²) < 4.78 is 6.56. The Hall–Kier alpha value is -2.90. The Balaban J connectivity index is 1.63. The fraction of sp³-hybridized carbons (Fsp3) is 0.500. The molecule has 3 rings (SSSR count). The van der Waals surface area contributed by atoms with E-state index in [1.807, 2.05) is 30.3 Å². The van der Waals surface area contributed by atoms with Crippen molar-refractivity contribution in [2.24, 2.45) is 0 Å². The summed E-state index contributed by atoms with van der Waals surface area (Å²) in [7, 11) is 0. The molecule has 0 radical (unpaired) electrons. The van der Waals surface area contributed by atoms with Gasteiger partial charge in [-0.3, -0.25) is 9.59 Å². The van der Waals surface area contributed by atoms with E-state index in [4.69, 9.17) is 4.74 Å². The minimum absolute atomic E-state index is 0.0128. The van der Waals surface area contributed by atoms with E-state index in [0.717, 1.165) is 10.2 Å². The zero-order chi connectivity index (χ0) is 23.3. The summed E-state index contributed by atoms with van der Waals surface area (Å²) in [6, 6.07) is 8.47. The summed E-state index contributed by atoms with van der Waals surface area (Å²) in [6.45, 7) is 0.753. The number of aromatic nitrogens is 3. The quantitative estimate of drug-likeness (QED) is 0.256. The van der Waals surface area contributed by atoms with Gasteiger partial charge in [-0.25, -0.2) is 4.68 Å². The zero-order valence-corrected chi connectivity index (χ0v) is 17.4. The Labute approximate surface area is 183 Å². The highest BCUT2D eigenvalue weighted by atomic mass is 16.6. The monoisotopic (exact) mass is 449 g/mol. The predicted molar refractivity (Wildman–Crippen MR) is 109 cm³/mol. The smallest absolute Gasteiger partial charge is 0.243 e. The van der Waals surface area contributed by atoms with Crippen molar-refractivity contribution in [3.05, 3.63) is 47.8 Å². The topological polar surface area (TPSA) is 179 Å². The highest BCUT2D eigenvalue weighted by Crippen LogP contribution is 2.27. The average Bonchev–Trinajstić information content (AvgIpc) is 3.25. The van der Waals surface area contributed by atoms with Gasteiger partial charge in [0, 0.05) is 13.3 Å². The van der Waals surface area contributed by atoms with Gasteiger partial charge in [0.05, 0.1) is 19.3 Å². The maximum Gasteiger partial charge on any atom is 0.243 e. The van der Waals surface area contributed by atoms with Crippen LogP contribution in [-0.2, 0) is 27.3 Å². The van der Waals surface area contributed by atoms with Crippen LogP contribution in [0.4, 0.5) is 0 Å². The number of hydrogen-bond acceptors (Lipinski definition) is 9. The van der Waals surface area contributed by atoms with Crippen LogP contribution < -0.4 is 10.6 Å². The summed E-state index contributed by atoms with van der Waals surface area (Å²) in [4.78, 5) is 24.2. The van der Waals surface area contributed by atoms with Crippen molar-refractivity contribution >= 4 is 11.8 Å². The number of carbonyl (C=O) groups is 2. The minimum atomic E-state index is -1.55. The Bertz CT molecular complexity index is 907. The van der Waals surface area contributed by atoms with Gasteiger partial charge in [0.25, 0.3) is 0 Å². The van der Waals surface area contributed by atoms with E-state index in [0.29, 0.717) is 12.1 Å². The largest absolute Gasteiger partial charge is 0.394 e. The Morgan fingerprint density at radius 2 is 1.88 bits per heavy atom. The molecule has 1 saturated heterocycles. The highest BCUT2D eigenvalue weighted by Gasteiger charge is 2.44. The van der Waals surface area contributed by atoms with Crippen LogP contribution in [0.5, 0.6) is 0 Å². The van der Waals surface area contributed by atoms with Gasteiger partial charge in [0.2, 0.25) is 11.8 Å². The van der Waals surface area contributed by atoms with Crippen LogP contribution >= 0.6 is 0 Å². The normalized spacial score (nSPS) is 26.3. The molecule has 6 N–H and O–H groups in total. The van der Waals surface area contributed by atoms with Crippen molar-refractivity contribution in [3.63, 3.8) is 0 Å². The van der Waals surface area contributed by atoms with Crippen LogP contribution in [0.1, 0.15) is 24.4 Å². The first kappa shape index (κ1) is 23.8. The number of carbonyl (C=O) groups excluding carboxylic acids is 2. The standard InChI is InChI=1S/C20H27N5O7/c1-11(27)22-14(7-12-5-3-2-4-6-12)19(31)21-8-13-9-25(24-23-13)20-18(30)17(29)16(28)15(10-26)32-20/h2-6,9,14-18,20,26,28-30H,7-8,10H2,1H3,(H,21,31)(H,22,27)/t14-,15+,16+,17-,18+,20+/m0/s1. The number of amides is 2. The van der Waals surface area contributed by atoms with Crippen molar-refractivity contribution in [3.8, 4) is 0 Å². The highest BCUT2D eigenvalue weighted by molar-refractivity contribution is 5.87. The summed E-state index contributed by atoms with van der Waals surface area (Å²) >= 11 is 0. The molecule has 6 atom stereocenters. The van der Waals surface area contributed by atoms with Crippen LogP contribution in [-0.4, -0.2) is 84.3 Å². The summed E-state index contributed by atoms with van der Waals surface area (Å²) in [5.74, 6) is -0.749. The number of benzene rings is 1. The number of nitrogens with one attached hydrogen (secondary N) is 2. The Morgan fingerprint density at radius 3 is 2.53 bits per heavy atom. The van der Waals surface area contributed by atoms with Gasteiger partial charge in [-0.05, 0) is 5.56 Å². The fourth-order valence-electron chi connectivity index (χ4n) is 3.42. The Kier molecular flexibility index (Phi) is 7.88. The molecule has 0 bridgehead atoms. The molecule has 0 saturated carbocycles. The maximum absolute atomic E-state index is 12.6. The van der Waals surface area contributed by atoms with E-state index in [1.54, 1.807) is 0 Å². The molecule has 0 spiro atoms. The van der Waals surface area contributed by atoms with E-state index < -0.39 is 49.2 Å². The summed E-state index contributed by atoms with van der Waals surface area (Å²) in [5, 5.41) is 52.3. The van der Waals surface area contributed by atoms with E-state index in [2.05, 4.69) is 20.9 Å². The van der Waals surface area contributed by atoms with Crippen molar-refractivity contribution < 1.29 is 34.8 Å². The van der Waals surface area contributed by atoms with Gasteiger partial charge >= 0.3 is 0 Å². The minimum Gasteiger partial charge on any atom is -0.394 e. The van der Waals surface area contributed by atoms with Gasteiger partial charge in [-0.15, -0.1) is 5.10 Å². The molecule has 32 heavy (non-hydrogen) atoms. The second-order valence-electron chi connectivity index (χ2n) is 7.57. The van der Waals surface area contributed by atoms with Crippen LogP contribution in [0, 0.1) is 0 Å². The third-order valence-corrected chi connectivity index (χ3v) is 5.11. The van der Waals surface area contributed by atoms with Crippen molar-refractivity contribution in [2.45, 2.75) is 56.6 Å². The molecule has 2 heterocycles. The van der Waals surface area contributed by atoms with Gasteiger partial charge in [0.15, 0.2) is 6.23 Å². The lowest BCUT2D eigenvalue weighted by atomic mass is 9.98. The predicted octanol–water partition coefficient (Wildman–Crippen LogP) is -2.39. The molecule has 0 unspecified atom stereocenters. The number of aliphatic hydroxyl groups excluding tert-OH is 4. The van der Waals surface area contributed by atoms with E-state index in [1.165, 1.54) is 13.1 Å². The van der Waals surface area contributed by atoms with Crippen LogP contribution in [0.25, 0.3) is 0 Å². The van der Waals surface area contributed by atoms with Crippen LogP contribution in [0.2, 0.25) is 0 Å². The third kappa shape index (κ3) is 5.66. The molecule has 1 aliphatic rings. The van der Waals surface area contributed by atoms with Crippen LogP contribution in [0.3, 0.4) is 0 Å². The van der Waals surface area contributed by atoms with Crippen molar-refractivity contribution in [1.82, 2.24) is 25.6 Å². The van der Waals surface area contributed by atoms with Crippen molar-refractivity contribution in [2.75, 3.05) is 6.61 Å². The molecule has 2 amide bonds. The molecule has 2 aromatic rings.